The molecule has 7 heteroatoms. The molecule has 0 aliphatic carbocycles. The first-order valence-electron chi connectivity index (χ1n) is 4.21. The van der Waals surface area contributed by atoms with Crippen LogP contribution in [-0.4, -0.2) is 24.7 Å². The Balaban J connectivity index is 2.74. The van der Waals surface area contributed by atoms with Gasteiger partial charge >= 0.3 is 6.36 Å². The van der Waals surface area contributed by atoms with Gasteiger partial charge < -0.3 is 14.6 Å². The van der Waals surface area contributed by atoms with Crippen LogP contribution in [0, 0.1) is 0 Å². The zero-order chi connectivity index (χ0) is 12.2. The molecule has 0 saturated heterocycles. The lowest BCUT2D eigenvalue weighted by Gasteiger charge is -2.11. The van der Waals surface area contributed by atoms with Gasteiger partial charge in [-0.05, 0) is 12.1 Å². The van der Waals surface area contributed by atoms with E-state index in [9.17, 15) is 13.2 Å². The highest BCUT2D eigenvalue weighted by Crippen LogP contribution is 2.31. The molecule has 1 N–H and O–H groups in total. The minimum atomic E-state index is -4.75. The molecule has 0 atom stereocenters. The van der Waals surface area contributed by atoms with Crippen molar-refractivity contribution in [3.8, 4) is 11.5 Å². The molecule has 0 saturated carbocycles. The van der Waals surface area contributed by atoms with Gasteiger partial charge in [-0.3, -0.25) is 0 Å². The van der Waals surface area contributed by atoms with E-state index in [-0.39, 0.29) is 24.0 Å². The van der Waals surface area contributed by atoms with E-state index in [4.69, 9.17) is 21.4 Å². The Morgan fingerprint density at radius 2 is 2.00 bits per heavy atom. The molecule has 1 aromatic carbocycles. The second kappa shape index (κ2) is 5.27. The van der Waals surface area contributed by atoms with Crippen LogP contribution in [0.3, 0.4) is 0 Å². The van der Waals surface area contributed by atoms with Gasteiger partial charge in [0.15, 0.2) is 0 Å². The molecule has 0 aliphatic heterocycles. The lowest BCUT2D eigenvalue weighted by atomic mass is 10.3. The molecule has 3 nitrogen and oxygen atoms in total. The summed E-state index contributed by atoms with van der Waals surface area (Å²) in [6.45, 7) is -0.198. The van der Waals surface area contributed by atoms with Crippen molar-refractivity contribution < 1.29 is 27.8 Å². The maximum Gasteiger partial charge on any atom is 0.573 e. The van der Waals surface area contributed by atoms with E-state index in [1.165, 1.54) is 6.07 Å². The van der Waals surface area contributed by atoms with Crippen LogP contribution in [0.5, 0.6) is 11.5 Å². The Bertz CT molecular complexity index is 354. The maximum absolute atomic E-state index is 11.8. The first-order chi connectivity index (χ1) is 7.42. The average molecular weight is 257 g/mol. The minimum Gasteiger partial charge on any atom is -0.490 e. The molecule has 0 heterocycles. The van der Waals surface area contributed by atoms with Crippen molar-refractivity contribution in [1.29, 1.82) is 0 Å². The van der Waals surface area contributed by atoms with Crippen molar-refractivity contribution in [2.75, 3.05) is 13.2 Å². The van der Waals surface area contributed by atoms with E-state index >= 15 is 0 Å². The van der Waals surface area contributed by atoms with E-state index in [2.05, 4.69) is 4.74 Å². The monoisotopic (exact) mass is 256 g/mol. The molecule has 16 heavy (non-hydrogen) atoms. The normalized spacial score (nSPS) is 11.3. The Hall–Kier alpha value is -1.14. The first kappa shape index (κ1) is 12.9. The van der Waals surface area contributed by atoms with Crippen LogP contribution in [-0.2, 0) is 0 Å². The predicted molar refractivity (Wildman–Crippen MR) is 50.7 cm³/mol. The lowest BCUT2D eigenvalue weighted by Crippen LogP contribution is -2.17. The summed E-state index contributed by atoms with van der Waals surface area (Å²) >= 11 is 5.64. The standard InChI is InChI=1S/C9H8ClF3O3/c10-7-5-6(16-9(11,12)13)1-2-8(7)15-4-3-14/h1-2,5,14H,3-4H2. The van der Waals surface area contributed by atoms with E-state index < -0.39 is 12.1 Å². The second-order valence-electron chi connectivity index (χ2n) is 2.71. The molecule has 0 aliphatic rings. The van der Waals surface area contributed by atoms with Crippen LogP contribution in [0.1, 0.15) is 0 Å². The minimum absolute atomic E-state index is 0.0131. The Morgan fingerprint density at radius 3 is 2.50 bits per heavy atom. The molecule has 0 unspecified atom stereocenters. The number of halogens is 4. The van der Waals surface area contributed by atoms with Crippen LogP contribution >= 0.6 is 11.6 Å². The number of rotatable bonds is 4. The largest absolute Gasteiger partial charge is 0.573 e. The number of ether oxygens (including phenoxy) is 2. The molecular formula is C9H8ClF3O3. The number of aliphatic hydroxyl groups is 1. The van der Waals surface area contributed by atoms with Crippen LogP contribution in [0.25, 0.3) is 0 Å². The highest BCUT2D eigenvalue weighted by Gasteiger charge is 2.31. The molecule has 0 aromatic heterocycles. The fourth-order valence-electron chi connectivity index (χ4n) is 0.951. The highest BCUT2D eigenvalue weighted by molar-refractivity contribution is 6.32. The van der Waals surface area contributed by atoms with E-state index in [0.717, 1.165) is 12.1 Å². The van der Waals surface area contributed by atoms with Crippen molar-refractivity contribution >= 4 is 11.6 Å². The molecule has 0 spiro atoms. The SMILES string of the molecule is OCCOc1ccc(OC(F)(F)F)cc1Cl. The Kier molecular flexibility index (Phi) is 4.26. The number of aliphatic hydroxyl groups excluding tert-OH is 1. The van der Waals surface area contributed by atoms with Crippen molar-refractivity contribution in [2.24, 2.45) is 0 Å². The zero-order valence-corrected chi connectivity index (χ0v) is 8.68. The average Bonchev–Trinajstić information content (AvgIpc) is 2.14. The summed E-state index contributed by atoms with van der Waals surface area (Å²) in [7, 11) is 0. The van der Waals surface area contributed by atoms with Crippen molar-refractivity contribution in [3.63, 3.8) is 0 Å². The van der Waals surface area contributed by atoms with Gasteiger partial charge in [-0.2, -0.15) is 0 Å². The Labute approximate surface area is 94.3 Å². The summed E-state index contributed by atoms with van der Waals surface area (Å²) in [6.07, 6.45) is -4.75. The summed E-state index contributed by atoms with van der Waals surface area (Å²) in [4.78, 5) is 0. The lowest BCUT2D eigenvalue weighted by molar-refractivity contribution is -0.274. The fraction of sp³-hybridized carbons (Fsp3) is 0.333. The molecule has 0 fully saturated rings. The van der Waals surface area contributed by atoms with Gasteiger partial charge in [0, 0.05) is 6.07 Å². The molecule has 0 amide bonds. The fourth-order valence-corrected chi connectivity index (χ4v) is 1.18. The summed E-state index contributed by atoms with van der Waals surface area (Å²) in [5.74, 6) is -0.237. The quantitative estimate of drug-likeness (QED) is 0.900. The highest BCUT2D eigenvalue weighted by atomic mass is 35.5. The van der Waals surface area contributed by atoms with Gasteiger partial charge in [-0.1, -0.05) is 11.6 Å². The van der Waals surface area contributed by atoms with E-state index in [1.54, 1.807) is 0 Å². The number of alkyl halides is 3. The topological polar surface area (TPSA) is 38.7 Å². The van der Waals surface area contributed by atoms with Crippen LogP contribution in [0.15, 0.2) is 18.2 Å². The summed E-state index contributed by atoms with van der Waals surface area (Å²) in [5.41, 5.74) is 0. The number of hydrogen-bond donors (Lipinski definition) is 1. The van der Waals surface area contributed by atoms with Gasteiger partial charge in [-0.15, -0.1) is 13.2 Å². The van der Waals surface area contributed by atoms with Gasteiger partial charge in [0.05, 0.1) is 11.6 Å². The summed E-state index contributed by atoms with van der Waals surface area (Å²) < 4.78 is 44.1. The molecule has 0 radical (unpaired) electrons. The van der Waals surface area contributed by atoms with Crippen molar-refractivity contribution in [3.05, 3.63) is 23.2 Å². The third kappa shape index (κ3) is 4.16. The van der Waals surface area contributed by atoms with Gasteiger partial charge in [-0.25, -0.2) is 0 Å². The van der Waals surface area contributed by atoms with E-state index in [0.29, 0.717) is 0 Å². The smallest absolute Gasteiger partial charge is 0.490 e. The number of hydrogen-bond acceptors (Lipinski definition) is 3. The first-order valence-corrected chi connectivity index (χ1v) is 4.59. The molecule has 0 bridgehead atoms. The molecular weight excluding hydrogens is 249 g/mol. The van der Waals surface area contributed by atoms with Crippen LogP contribution in [0.4, 0.5) is 13.2 Å². The molecule has 1 aromatic rings. The summed E-state index contributed by atoms with van der Waals surface area (Å²) in [6, 6.07) is 3.30. The third-order valence-electron chi connectivity index (χ3n) is 1.49. The van der Waals surface area contributed by atoms with Crippen LogP contribution < -0.4 is 9.47 Å². The van der Waals surface area contributed by atoms with Crippen LogP contribution in [0.2, 0.25) is 5.02 Å². The van der Waals surface area contributed by atoms with Gasteiger partial charge in [0.25, 0.3) is 0 Å². The Morgan fingerprint density at radius 1 is 1.31 bits per heavy atom. The van der Waals surface area contributed by atoms with E-state index in [1.807, 2.05) is 0 Å². The second-order valence-corrected chi connectivity index (χ2v) is 3.12. The molecule has 90 valence electrons. The third-order valence-corrected chi connectivity index (χ3v) is 1.78. The van der Waals surface area contributed by atoms with Crippen molar-refractivity contribution in [2.45, 2.75) is 6.36 Å². The molecule has 1 rings (SSSR count). The predicted octanol–water partition coefficient (Wildman–Crippen LogP) is 2.61. The van der Waals surface area contributed by atoms with Gasteiger partial charge in [0.1, 0.15) is 18.1 Å². The zero-order valence-electron chi connectivity index (χ0n) is 7.92. The summed E-state index contributed by atoms with van der Waals surface area (Å²) in [5, 5.41) is 8.47. The number of benzene rings is 1. The van der Waals surface area contributed by atoms with Crippen molar-refractivity contribution in [1.82, 2.24) is 0 Å². The maximum atomic E-state index is 11.8. The van der Waals surface area contributed by atoms with Gasteiger partial charge in [0.2, 0.25) is 0 Å².